The van der Waals surface area contributed by atoms with Gasteiger partial charge in [0.25, 0.3) is 0 Å². The van der Waals surface area contributed by atoms with Gasteiger partial charge in [-0.1, -0.05) is 0 Å². The Bertz CT molecular complexity index is 349. The van der Waals surface area contributed by atoms with Crippen molar-refractivity contribution in [2.24, 2.45) is 0 Å². The predicted octanol–water partition coefficient (Wildman–Crippen LogP) is -0.997. The van der Waals surface area contributed by atoms with Crippen molar-refractivity contribution in [2.75, 3.05) is 14.1 Å². The van der Waals surface area contributed by atoms with E-state index in [-0.39, 0.29) is 0 Å². The lowest BCUT2D eigenvalue weighted by Crippen LogP contribution is -2.27. The SMILES string of the molecule is [2H]C([2H])([2H])OC(=O)C(=[N+]=[N-])C(=O)OC([2H])([2H])[2H]. The van der Waals surface area contributed by atoms with Crippen molar-refractivity contribution in [3.05, 3.63) is 5.53 Å². The summed E-state index contributed by atoms with van der Waals surface area (Å²) in [5.41, 5.74) is 6.79. The Morgan fingerprint density at radius 1 is 1.36 bits per heavy atom. The van der Waals surface area contributed by atoms with Crippen molar-refractivity contribution in [1.29, 1.82) is 0 Å². The van der Waals surface area contributed by atoms with Gasteiger partial charge in [0.2, 0.25) is 0 Å². The summed E-state index contributed by atoms with van der Waals surface area (Å²) in [6.45, 7) is 0. The first-order chi connectivity index (χ1) is 7.46. The predicted molar refractivity (Wildman–Crippen MR) is 32.7 cm³/mol. The molecule has 0 amide bonds. The van der Waals surface area contributed by atoms with Crippen LogP contribution in [-0.4, -0.2) is 36.5 Å². The maximum atomic E-state index is 11.0. The molecule has 0 aromatic carbocycles. The summed E-state index contributed by atoms with van der Waals surface area (Å²) in [5.74, 6) is -3.66. The van der Waals surface area contributed by atoms with Crippen molar-refractivity contribution in [2.45, 2.75) is 0 Å². The van der Waals surface area contributed by atoms with Crippen LogP contribution in [0.4, 0.5) is 0 Å². The second-order valence-electron chi connectivity index (χ2n) is 1.23. The van der Waals surface area contributed by atoms with Crippen molar-refractivity contribution in [3.8, 4) is 0 Å². The summed E-state index contributed by atoms with van der Waals surface area (Å²) in [5, 5.41) is 0. The fraction of sp³-hybridized carbons (Fsp3) is 0.400. The minimum Gasteiger partial charge on any atom is -0.460 e. The Morgan fingerprint density at radius 3 is 2.09 bits per heavy atom. The molecule has 0 aromatic heterocycles. The van der Waals surface area contributed by atoms with Crippen molar-refractivity contribution >= 4 is 17.7 Å². The Hall–Kier alpha value is -1.68. The molecule has 0 saturated carbocycles. The molecule has 60 valence electrons. The van der Waals surface area contributed by atoms with Crippen molar-refractivity contribution in [1.82, 2.24) is 0 Å². The second-order valence-corrected chi connectivity index (χ2v) is 1.23. The number of esters is 2. The van der Waals surface area contributed by atoms with E-state index in [0.29, 0.717) is 0 Å². The number of rotatable bonds is 2. The molecule has 0 aromatic rings. The summed E-state index contributed by atoms with van der Waals surface area (Å²) in [4.78, 5) is 24.0. The van der Waals surface area contributed by atoms with Crippen molar-refractivity contribution in [3.63, 3.8) is 0 Å². The average Bonchev–Trinajstić information content (AvgIpc) is 1.96. The van der Waals surface area contributed by atoms with Crippen LogP contribution in [0.15, 0.2) is 0 Å². The molecule has 6 nitrogen and oxygen atoms in total. The second kappa shape index (κ2) is 4.19. The number of hydrogen-bond acceptors (Lipinski definition) is 4. The number of carbonyl (C=O) groups is 2. The lowest BCUT2D eigenvalue weighted by molar-refractivity contribution is -0.146. The van der Waals surface area contributed by atoms with E-state index >= 15 is 0 Å². The van der Waals surface area contributed by atoms with Gasteiger partial charge in [-0.05, 0) is 0 Å². The molecule has 6 heteroatoms. The Labute approximate surface area is 70.8 Å². The lowest BCUT2D eigenvalue weighted by Gasteiger charge is -1.91. The van der Waals surface area contributed by atoms with Crippen LogP contribution in [0.3, 0.4) is 0 Å². The van der Waals surface area contributed by atoms with Crippen LogP contribution in [-0.2, 0) is 19.1 Å². The molecule has 0 unspecified atom stereocenters. The zero-order chi connectivity index (χ0) is 13.9. The number of ether oxygens (including phenoxy) is 2. The van der Waals surface area contributed by atoms with Gasteiger partial charge in [0.05, 0.1) is 22.3 Å². The largest absolute Gasteiger partial charge is 0.482 e. The molecule has 0 aliphatic heterocycles. The number of methoxy groups -OCH3 is 2. The molecule has 0 N–H and O–H groups in total. The Kier molecular flexibility index (Phi) is 1.20. The third-order valence-electron chi connectivity index (χ3n) is 0.672. The van der Waals surface area contributed by atoms with E-state index < -0.39 is 31.7 Å². The number of nitrogens with zero attached hydrogens (tertiary/aromatic N) is 2. The Balaban J connectivity index is 4.83. The maximum Gasteiger partial charge on any atom is 0.482 e. The monoisotopic (exact) mass is 164 g/mol. The highest BCUT2D eigenvalue weighted by atomic mass is 16.5. The van der Waals surface area contributed by atoms with Crippen LogP contribution in [0.2, 0.25) is 0 Å². The number of hydrogen-bond donors (Lipinski definition) is 0. The third-order valence-corrected chi connectivity index (χ3v) is 0.672. The van der Waals surface area contributed by atoms with Gasteiger partial charge in [-0.25, -0.2) is 9.59 Å². The molecule has 0 saturated heterocycles. The fourth-order valence-corrected chi connectivity index (χ4v) is 0.262. The zero-order valence-corrected chi connectivity index (χ0v) is 5.03. The minimum absolute atomic E-state index is 1.49. The summed E-state index contributed by atoms with van der Waals surface area (Å²) in [7, 11) is -6.35. The van der Waals surface area contributed by atoms with Gasteiger partial charge in [-0.15, -0.1) is 0 Å². The molecule has 0 heterocycles. The van der Waals surface area contributed by atoms with E-state index in [1.807, 2.05) is 0 Å². The van der Waals surface area contributed by atoms with Crippen LogP contribution < -0.4 is 0 Å². The highest BCUT2D eigenvalue weighted by Gasteiger charge is 2.31. The van der Waals surface area contributed by atoms with Crippen molar-refractivity contribution < 1.29 is 32.1 Å². The molecule has 0 aliphatic rings. The molecule has 0 aliphatic carbocycles. The summed E-state index contributed by atoms with van der Waals surface area (Å²) >= 11 is 0. The molecule has 11 heavy (non-hydrogen) atoms. The van der Waals surface area contributed by atoms with Gasteiger partial charge < -0.3 is 15.0 Å². The summed E-state index contributed by atoms with van der Waals surface area (Å²) in [6, 6.07) is 0. The topological polar surface area (TPSA) is 89.0 Å². The van der Waals surface area contributed by atoms with E-state index in [0.717, 1.165) is 0 Å². The quantitative estimate of drug-likeness (QED) is 0.172. The summed E-state index contributed by atoms with van der Waals surface area (Å²) in [6.07, 6.45) is 0. The molecule has 0 rings (SSSR count). The average molecular weight is 164 g/mol. The van der Waals surface area contributed by atoms with E-state index in [2.05, 4.69) is 14.3 Å². The third kappa shape index (κ3) is 2.19. The van der Waals surface area contributed by atoms with Crippen LogP contribution in [0.1, 0.15) is 8.22 Å². The van der Waals surface area contributed by atoms with Crippen LogP contribution in [0.25, 0.3) is 5.53 Å². The molecule has 0 fully saturated rings. The van der Waals surface area contributed by atoms with E-state index in [9.17, 15) is 9.59 Å². The van der Waals surface area contributed by atoms with E-state index in [1.165, 1.54) is 0 Å². The van der Waals surface area contributed by atoms with Gasteiger partial charge in [0, 0.05) is 0 Å². The van der Waals surface area contributed by atoms with E-state index in [4.69, 9.17) is 13.8 Å². The first-order valence-electron chi connectivity index (χ1n) is 5.15. The van der Waals surface area contributed by atoms with Crippen LogP contribution >= 0.6 is 0 Å². The van der Waals surface area contributed by atoms with Gasteiger partial charge in [0.15, 0.2) is 0 Å². The van der Waals surface area contributed by atoms with E-state index in [1.54, 1.807) is 0 Å². The summed E-state index contributed by atoms with van der Waals surface area (Å²) < 4.78 is 46.7. The molecular formula is C5H6N2O4. The van der Waals surface area contributed by atoms with Gasteiger partial charge in [-0.2, -0.15) is 4.79 Å². The standard InChI is InChI=1S/C5H6N2O4/c1-10-4(8)3(7-6)5(9)11-2/h1-2H3/i1D3,2D3. The van der Waals surface area contributed by atoms with Gasteiger partial charge in [0.1, 0.15) is 0 Å². The Morgan fingerprint density at radius 2 is 1.82 bits per heavy atom. The zero-order valence-electron chi connectivity index (χ0n) is 11.0. The molecular weight excluding hydrogens is 152 g/mol. The normalized spacial score (nSPS) is 18.2. The van der Waals surface area contributed by atoms with Crippen LogP contribution in [0, 0.1) is 0 Å². The first kappa shape index (κ1) is 3.15. The first-order valence-corrected chi connectivity index (χ1v) is 2.15. The smallest absolute Gasteiger partial charge is 0.460 e. The highest BCUT2D eigenvalue weighted by Crippen LogP contribution is 1.81. The molecule has 0 bridgehead atoms. The minimum atomic E-state index is -3.17. The number of carbonyl (C=O) groups excluding carboxylic acids is 2. The fourth-order valence-electron chi connectivity index (χ4n) is 0.262. The molecule has 0 radical (unpaired) electrons. The maximum absolute atomic E-state index is 11.0. The molecule has 0 atom stereocenters. The van der Waals surface area contributed by atoms with Gasteiger partial charge >= 0.3 is 17.7 Å². The van der Waals surface area contributed by atoms with Gasteiger partial charge in [-0.3, -0.25) is 0 Å². The lowest BCUT2D eigenvalue weighted by atomic mass is 10.4. The van der Waals surface area contributed by atoms with Crippen LogP contribution in [0.5, 0.6) is 0 Å². The highest BCUT2D eigenvalue weighted by molar-refractivity contribution is 6.60. The molecule has 0 spiro atoms.